The van der Waals surface area contributed by atoms with E-state index in [-0.39, 0.29) is 25.4 Å². The maximum atomic E-state index is 14.0. The zero-order valence-corrected chi connectivity index (χ0v) is 31.8. The molecule has 0 spiro atoms. The van der Waals surface area contributed by atoms with Gasteiger partial charge in [-0.3, -0.25) is 9.05 Å². The molecule has 0 saturated carbocycles. The van der Waals surface area contributed by atoms with Gasteiger partial charge in [-0.25, -0.2) is 18.5 Å². The van der Waals surface area contributed by atoms with Crippen molar-refractivity contribution in [1.82, 2.24) is 14.6 Å². The summed E-state index contributed by atoms with van der Waals surface area (Å²) < 4.78 is 51.3. The Bertz CT molecular complexity index is 1530. The highest BCUT2D eigenvalue weighted by molar-refractivity contribution is 7.47. The first kappa shape index (κ1) is 42.5. The molecule has 3 aromatic rings. The summed E-state index contributed by atoms with van der Waals surface area (Å²) in [4.78, 5) is 14.6. The van der Waals surface area contributed by atoms with Crippen molar-refractivity contribution < 1.29 is 32.4 Å². The summed E-state index contributed by atoms with van der Waals surface area (Å²) in [6.07, 6.45) is 19.8. The third kappa shape index (κ3) is 16.1. The number of hydrogen-bond acceptors (Lipinski definition) is 9. The summed E-state index contributed by atoms with van der Waals surface area (Å²) in [7, 11) is -2.96. The van der Waals surface area contributed by atoms with Gasteiger partial charge < -0.3 is 20.1 Å². The summed E-state index contributed by atoms with van der Waals surface area (Å²) in [5.41, 5.74) is 7.33. The highest BCUT2D eigenvalue weighted by Gasteiger charge is 2.31. The molecule has 284 valence electrons. The Morgan fingerprint density at radius 1 is 1.00 bits per heavy atom. The molecule has 0 saturated heterocycles. The molecule has 0 radical (unpaired) electrons. The minimum atomic E-state index is -4.48. The number of phosphoric ester groups is 1. The van der Waals surface area contributed by atoms with Crippen molar-refractivity contribution >= 4 is 19.2 Å². The van der Waals surface area contributed by atoms with Gasteiger partial charge in [0.2, 0.25) is 0 Å². The van der Waals surface area contributed by atoms with Crippen molar-refractivity contribution in [3.63, 3.8) is 0 Å². The van der Waals surface area contributed by atoms with Gasteiger partial charge >= 0.3 is 7.82 Å². The highest BCUT2D eigenvalue weighted by Crippen LogP contribution is 2.45. The Balaban J connectivity index is 1.45. The number of nitrogens with zero attached hydrogens (tertiary/aromatic N) is 4. The largest absolute Gasteiger partial charge is 0.472 e. The number of nitrogens with two attached hydrogens (primary N) is 1. The Labute approximate surface area is 303 Å². The van der Waals surface area contributed by atoms with Crippen LogP contribution in [0.3, 0.4) is 0 Å². The molecule has 11 nitrogen and oxygen atoms in total. The SMILES string of the molecule is CCCCCCCCCCCCCCCC[C@H](COP(=O)(O)OC[C@](C)(CCc1ccc2c(N)ncnn12)OC)OCc1cc(F)cc(C#N)c1. The molecule has 0 aliphatic heterocycles. The van der Waals surface area contributed by atoms with E-state index < -0.39 is 25.3 Å². The Morgan fingerprint density at radius 2 is 1.65 bits per heavy atom. The van der Waals surface area contributed by atoms with Crippen molar-refractivity contribution in [1.29, 1.82) is 5.26 Å². The van der Waals surface area contributed by atoms with Crippen LogP contribution < -0.4 is 5.73 Å². The maximum absolute atomic E-state index is 14.0. The van der Waals surface area contributed by atoms with Crippen LogP contribution in [0.25, 0.3) is 5.52 Å². The Hall–Kier alpha value is -2.91. The standard InChI is InChI=1S/C38H59FN5O6P/c1-4-5-6-7-8-9-10-11-12-13-14-15-16-17-18-35(48-27-32-23-31(26-40)24-33(39)25-32)28-49-51(45,46)50-29-38(2,47-3)22-21-34-19-20-36-37(41)42-30-43-44(34)36/h19-20,23-25,30,35H,4-18,21-22,27-29H2,1-3H3,(H,45,46)(H2,41,42,43)/t35-,38+/m1/s1. The minimum absolute atomic E-state index is 0.0302. The zero-order valence-electron chi connectivity index (χ0n) is 30.9. The van der Waals surface area contributed by atoms with E-state index in [0.29, 0.717) is 36.2 Å². The first-order valence-corrected chi connectivity index (χ1v) is 20.1. The number of rotatable bonds is 28. The lowest BCUT2D eigenvalue weighted by Gasteiger charge is -2.29. The van der Waals surface area contributed by atoms with E-state index in [1.54, 1.807) is 17.5 Å². The molecule has 1 aromatic carbocycles. The fraction of sp³-hybridized carbons (Fsp3) is 0.658. The van der Waals surface area contributed by atoms with Gasteiger partial charge in [0.05, 0.1) is 43.2 Å². The van der Waals surface area contributed by atoms with Crippen LogP contribution in [0, 0.1) is 17.1 Å². The number of halogens is 1. The number of fused-ring (bicyclic) bond motifs is 1. The number of methoxy groups -OCH3 is 1. The van der Waals surface area contributed by atoms with Gasteiger partial charge in [0.1, 0.15) is 17.7 Å². The van der Waals surface area contributed by atoms with Crippen LogP contribution in [0.2, 0.25) is 0 Å². The third-order valence-corrected chi connectivity index (χ3v) is 10.3. The molecule has 0 bridgehead atoms. The first-order valence-electron chi connectivity index (χ1n) is 18.6. The number of hydrogen-bond donors (Lipinski definition) is 2. The summed E-state index contributed by atoms with van der Waals surface area (Å²) >= 11 is 0. The Morgan fingerprint density at radius 3 is 2.27 bits per heavy atom. The van der Waals surface area contributed by atoms with E-state index in [1.165, 1.54) is 90.1 Å². The molecule has 0 fully saturated rings. The van der Waals surface area contributed by atoms with Crippen LogP contribution in [0.1, 0.15) is 133 Å². The number of unbranched alkanes of at least 4 members (excludes halogenated alkanes) is 13. The van der Waals surface area contributed by atoms with Crippen LogP contribution >= 0.6 is 7.82 Å². The number of aryl methyl sites for hydroxylation is 1. The lowest BCUT2D eigenvalue weighted by Crippen LogP contribution is -2.34. The molecule has 0 aliphatic rings. The van der Waals surface area contributed by atoms with Gasteiger partial charge in [0.15, 0.2) is 5.82 Å². The number of aromatic nitrogens is 3. The Kier molecular flexibility index (Phi) is 19.1. The summed E-state index contributed by atoms with van der Waals surface area (Å²) in [5, 5.41) is 13.5. The van der Waals surface area contributed by atoms with Crippen molar-refractivity contribution in [3.8, 4) is 6.07 Å². The molecule has 2 heterocycles. The molecule has 51 heavy (non-hydrogen) atoms. The van der Waals surface area contributed by atoms with Crippen molar-refractivity contribution in [2.24, 2.45) is 0 Å². The maximum Gasteiger partial charge on any atom is 0.472 e. The van der Waals surface area contributed by atoms with Crippen LogP contribution in [0.15, 0.2) is 36.7 Å². The van der Waals surface area contributed by atoms with Gasteiger partial charge in [-0.15, -0.1) is 0 Å². The van der Waals surface area contributed by atoms with E-state index in [2.05, 4.69) is 17.0 Å². The molecule has 3 N–H and O–H groups in total. The first-order chi connectivity index (χ1) is 24.6. The third-order valence-electron chi connectivity index (χ3n) is 9.37. The molecular formula is C38H59FN5O6P. The monoisotopic (exact) mass is 731 g/mol. The van der Waals surface area contributed by atoms with Crippen LogP contribution in [0.4, 0.5) is 10.2 Å². The van der Waals surface area contributed by atoms with Gasteiger partial charge in [-0.1, -0.05) is 96.8 Å². The molecular weight excluding hydrogens is 672 g/mol. The smallest absolute Gasteiger partial charge is 0.382 e. The van der Waals surface area contributed by atoms with E-state index in [4.69, 9.17) is 24.3 Å². The van der Waals surface area contributed by atoms with E-state index in [0.717, 1.165) is 31.0 Å². The van der Waals surface area contributed by atoms with Crippen LogP contribution in [-0.4, -0.2) is 51.5 Å². The number of nitriles is 1. The lowest BCUT2D eigenvalue weighted by atomic mass is 10.00. The second-order valence-corrected chi connectivity index (χ2v) is 15.2. The van der Waals surface area contributed by atoms with Crippen molar-refractivity contribution in [3.05, 3.63) is 59.3 Å². The molecule has 2 aromatic heterocycles. The van der Waals surface area contributed by atoms with E-state index in [9.17, 15) is 19.1 Å². The second kappa shape index (κ2) is 22.9. The normalized spacial score (nSPS) is 14.7. The number of benzene rings is 1. The molecule has 0 aliphatic carbocycles. The van der Waals surface area contributed by atoms with Gasteiger partial charge in [-0.05, 0) is 62.1 Å². The predicted molar refractivity (Wildman–Crippen MR) is 197 cm³/mol. The summed E-state index contributed by atoms with van der Waals surface area (Å²) in [6, 6.07) is 9.74. The summed E-state index contributed by atoms with van der Waals surface area (Å²) in [5.74, 6) is -0.147. The molecule has 3 atom stereocenters. The molecule has 3 rings (SSSR count). The molecule has 13 heteroatoms. The number of ether oxygens (including phenoxy) is 2. The van der Waals surface area contributed by atoms with Crippen LogP contribution in [0.5, 0.6) is 0 Å². The quantitative estimate of drug-likeness (QED) is 0.0546. The average molecular weight is 732 g/mol. The predicted octanol–water partition coefficient (Wildman–Crippen LogP) is 9.25. The van der Waals surface area contributed by atoms with E-state index in [1.807, 2.05) is 18.2 Å². The molecule has 0 amide bonds. The van der Waals surface area contributed by atoms with E-state index >= 15 is 0 Å². The second-order valence-electron chi connectivity index (χ2n) is 13.7. The minimum Gasteiger partial charge on any atom is -0.382 e. The van der Waals surface area contributed by atoms with Gasteiger partial charge in [-0.2, -0.15) is 10.4 Å². The average Bonchev–Trinajstić information content (AvgIpc) is 3.55. The highest BCUT2D eigenvalue weighted by atomic mass is 31.2. The molecule has 1 unspecified atom stereocenters. The number of anilines is 1. The fourth-order valence-electron chi connectivity index (χ4n) is 6.05. The van der Waals surface area contributed by atoms with Crippen molar-refractivity contribution in [2.75, 3.05) is 26.1 Å². The number of phosphoric acid groups is 1. The fourth-order valence-corrected chi connectivity index (χ4v) is 6.91. The number of nitrogen functional groups attached to an aromatic ring is 1. The lowest BCUT2D eigenvalue weighted by molar-refractivity contribution is -0.0495. The zero-order chi connectivity index (χ0) is 37.0. The topological polar surface area (TPSA) is 154 Å². The summed E-state index contributed by atoms with van der Waals surface area (Å²) in [6.45, 7) is 3.69. The van der Waals surface area contributed by atoms with Crippen molar-refractivity contribution in [2.45, 2.75) is 141 Å². The van der Waals surface area contributed by atoms with Crippen LogP contribution in [-0.2, 0) is 36.1 Å². The van der Waals surface area contributed by atoms with Gasteiger partial charge in [0.25, 0.3) is 0 Å². The van der Waals surface area contributed by atoms with Gasteiger partial charge in [0, 0.05) is 12.8 Å².